The van der Waals surface area contributed by atoms with E-state index in [-0.39, 0.29) is 6.42 Å². The molecule has 0 radical (unpaired) electrons. The third-order valence-corrected chi connectivity index (χ3v) is 9.58. The van der Waals surface area contributed by atoms with E-state index < -0.39 is 46.1 Å². The smallest absolute Gasteiger partial charge is 0.303 e. The maximum Gasteiger partial charge on any atom is 0.320 e. The number of hydrogen-bond acceptors (Lipinski definition) is 5. The summed E-state index contributed by atoms with van der Waals surface area (Å²) in [6.07, 6.45) is 0.0737. The Balaban J connectivity index is 2.82. The van der Waals surface area contributed by atoms with Gasteiger partial charge in [0.05, 0.1) is 9.79 Å². The highest BCUT2D eigenvalue weighted by Crippen LogP contribution is 2.45. The number of rotatable bonds is 9. The van der Waals surface area contributed by atoms with Gasteiger partial charge in [-0.2, -0.15) is 0 Å². The Hall–Kier alpha value is -2.06. The average molecular weight is 413 g/mol. The lowest BCUT2D eigenvalue weighted by molar-refractivity contribution is -0.109. The molecule has 0 bridgehead atoms. The molecule has 0 N–H and O–H groups in total. The van der Waals surface area contributed by atoms with Crippen LogP contribution in [0.15, 0.2) is 70.5 Å². The molecule has 27 heavy (non-hydrogen) atoms. The van der Waals surface area contributed by atoms with Crippen LogP contribution in [0.4, 0.5) is 4.39 Å². The second-order valence-corrected chi connectivity index (χ2v) is 10.5. The first kappa shape index (κ1) is 21.2. The van der Waals surface area contributed by atoms with Crippen molar-refractivity contribution in [2.75, 3.05) is 0 Å². The SMILES string of the molecule is CCC[C@H](CC=O)C(F)(S(=O)(=O)c1ccccc1)S(=O)(=O)c1ccccc1. The standard InChI is InChI=1S/C19H21FO5S2/c1-2-9-16(14-15-21)19(20,26(22,23)17-10-5-3-6-11-17)27(24,25)18-12-7-4-8-13-18/h3-8,10-13,15-16H,2,9,14H2,1H3/t16-/m1/s1. The lowest BCUT2D eigenvalue weighted by Gasteiger charge is -2.32. The number of aldehydes is 1. The van der Waals surface area contributed by atoms with Crippen LogP contribution in [0.1, 0.15) is 26.2 Å². The van der Waals surface area contributed by atoms with Crippen molar-refractivity contribution in [3.63, 3.8) is 0 Å². The summed E-state index contributed by atoms with van der Waals surface area (Å²) in [4.78, 5) is 10.2. The largest absolute Gasteiger partial charge is 0.320 e. The molecule has 0 aliphatic rings. The van der Waals surface area contributed by atoms with E-state index in [0.717, 1.165) is 24.3 Å². The van der Waals surface area contributed by atoms with Gasteiger partial charge in [0.1, 0.15) is 6.29 Å². The van der Waals surface area contributed by atoms with Gasteiger partial charge in [-0.3, -0.25) is 0 Å². The van der Waals surface area contributed by atoms with Crippen molar-refractivity contribution in [2.45, 2.75) is 40.3 Å². The molecular formula is C19H21FO5S2. The second-order valence-electron chi connectivity index (χ2n) is 6.10. The van der Waals surface area contributed by atoms with Crippen molar-refractivity contribution < 1.29 is 26.0 Å². The van der Waals surface area contributed by atoms with Crippen LogP contribution in [-0.2, 0) is 24.5 Å². The summed E-state index contributed by atoms with van der Waals surface area (Å²) >= 11 is 0. The molecule has 0 amide bonds. The molecule has 0 aliphatic carbocycles. The van der Waals surface area contributed by atoms with Gasteiger partial charge in [-0.25, -0.2) is 21.2 Å². The Labute approximate surface area is 159 Å². The van der Waals surface area contributed by atoms with Crippen LogP contribution in [0.25, 0.3) is 0 Å². The zero-order valence-corrected chi connectivity index (χ0v) is 16.4. The molecule has 0 heterocycles. The summed E-state index contributed by atoms with van der Waals surface area (Å²) in [5.74, 6) is -1.53. The van der Waals surface area contributed by atoms with Gasteiger partial charge in [0.25, 0.3) is 0 Å². The Bertz CT molecular complexity index is 902. The van der Waals surface area contributed by atoms with E-state index in [1.807, 2.05) is 0 Å². The molecule has 2 aromatic carbocycles. The maximum absolute atomic E-state index is 16.4. The van der Waals surface area contributed by atoms with Crippen LogP contribution in [0.2, 0.25) is 0 Å². The normalized spacial score (nSPS) is 13.9. The number of sulfone groups is 2. The highest BCUT2D eigenvalue weighted by Gasteiger charge is 2.61. The Morgan fingerprint density at radius 3 is 1.63 bits per heavy atom. The predicted octanol–water partition coefficient (Wildman–Crippen LogP) is 3.56. The van der Waals surface area contributed by atoms with Crippen LogP contribution < -0.4 is 0 Å². The second kappa shape index (κ2) is 8.31. The summed E-state index contributed by atoms with van der Waals surface area (Å²) in [5, 5.41) is 0. The molecule has 0 aromatic heterocycles. The zero-order valence-electron chi connectivity index (χ0n) is 14.8. The monoisotopic (exact) mass is 412 g/mol. The third-order valence-electron chi connectivity index (χ3n) is 4.35. The molecule has 2 rings (SSSR count). The molecule has 0 fully saturated rings. The van der Waals surface area contributed by atoms with E-state index in [0.29, 0.717) is 12.7 Å². The number of carbonyl (C=O) groups excluding carboxylic acids is 1. The van der Waals surface area contributed by atoms with Crippen molar-refractivity contribution in [3.05, 3.63) is 60.7 Å². The van der Waals surface area contributed by atoms with E-state index in [2.05, 4.69) is 0 Å². The van der Waals surface area contributed by atoms with Gasteiger partial charge in [-0.15, -0.1) is 0 Å². The molecule has 0 aliphatic heterocycles. The van der Waals surface area contributed by atoms with E-state index in [1.165, 1.54) is 24.3 Å². The third kappa shape index (κ3) is 3.68. The van der Waals surface area contributed by atoms with Crippen LogP contribution in [0.3, 0.4) is 0 Å². The minimum atomic E-state index is -4.96. The summed E-state index contributed by atoms with van der Waals surface area (Å²) in [7, 11) is -9.93. The summed E-state index contributed by atoms with van der Waals surface area (Å²) in [5.41, 5.74) is 0. The first-order valence-corrected chi connectivity index (χ1v) is 11.4. The molecule has 8 heteroatoms. The number of halogens is 1. The van der Waals surface area contributed by atoms with Crippen LogP contribution in [0.5, 0.6) is 0 Å². The fraction of sp³-hybridized carbons (Fsp3) is 0.316. The highest BCUT2D eigenvalue weighted by atomic mass is 32.3. The number of alkyl halides is 1. The van der Waals surface area contributed by atoms with Gasteiger partial charge in [0, 0.05) is 12.3 Å². The van der Waals surface area contributed by atoms with Crippen molar-refractivity contribution >= 4 is 26.0 Å². The number of benzene rings is 2. The summed E-state index contributed by atoms with van der Waals surface area (Å²) < 4.78 is 65.5. The Morgan fingerprint density at radius 2 is 1.30 bits per heavy atom. The lowest BCUT2D eigenvalue weighted by atomic mass is 10.0. The molecule has 5 nitrogen and oxygen atoms in total. The fourth-order valence-electron chi connectivity index (χ4n) is 3.00. The molecule has 0 spiro atoms. The molecule has 146 valence electrons. The molecule has 0 saturated heterocycles. The minimum Gasteiger partial charge on any atom is -0.303 e. The fourth-order valence-corrected chi connectivity index (χ4v) is 7.71. The van der Waals surface area contributed by atoms with Gasteiger partial charge < -0.3 is 4.79 Å². The van der Waals surface area contributed by atoms with Gasteiger partial charge >= 0.3 is 4.33 Å². The summed E-state index contributed by atoms with van der Waals surface area (Å²) in [6, 6.07) is 13.2. The maximum atomic E-state index is 16.4. The van der Waals surface area contributed by atoms with Gasteiger partial charge in [0.15, 0.2) is 0 Å². The average Bonchev–Trinajstić information content (AvgIpc) is 2.68. The Kier molecular flexibility index (Phi) is 6.54. The van der Waals surface area contributed by atoms with Crippen LogP contribution in [-0.4, -0.2) is 27.5 Å². The molecule has 0 saturated carbocycles. The van der Waals surface area contributed by atoms with E-state index in [9.17, 15) is 21.6 Å². The van der Waals surface area contributed by atoms with Gasteiger partial charge in [0.2, 0.25) is 19.7 Å². The van der Waals surface area contributed by atoms with Gasteiger partial charge in [-0.1, -0.05) is 49.7 Å². The van der Waals surface area contributed by atoms with E-state index >= 15 is 4.39 Å². The molecule has 2 aromatic rings. The van der Waals surface area contributed by atoms with Crippen molar-refractivity contribution in [2.24, 2.45) is 5.92 Å². The highest BCUT2D eigenvalue weighted by molar-refractivity contribution is 8.10. The number of hydrogen-bond donors (Lipinski definition) is 0. The van der Waals surface area contributed by atoms with Gasteiger partial charge in [-0.05, 0) is 30.7 Å². The van der Waals surface area contributed by atoms with Crippen molar-refractivity contribution in [1.82, 2.24) is 0 Å². The van der Waals surface area contributed by atoms with Crippen LogP contribution in [0, 0.1) is 5.92 Å². The van der Waals surface area contributed by atoms with E-state index in [4.69, 9.17) is 0 Å². The summed E-state index contributed by atoms with van der Waals surface area (Å²) in [6.45, 7) is 1.67. The Morgan fingerprint density at radius 1 is 0.889 bits per heavy atom. The molecular weight excluding hydrogens is 391 g/mol. The predicted molar refractivity (Wildman–Crippen MR) is 100 cm³/mol. The zero-order chi connectivity index (χ0) is 20.1. The molecule has 0 unspecified atom stereocenters. The minimum absolute atomic E-state index is 0.0760. The van der Waals surface area contributed by atoms with Crippen LogP contribution >= 0.6 is 0 Å². The lowest BCUT2D eigenvalue weighted by Crippen LogP contribution is -2.48. The number of carbonyl (C=O) groups is 1. The first-order valence-electron chi connectivity index (χ1n) is 8.45. The quantitative estimate of drug-likeness (QED) is 0.588. The van der Waals surface area contributed by atoms with Crippen molar-refractivity contribution in [3.8, 4) is 0 Å². The van der Waals surface area contributed by atoms with Crippen molar-refractivity contribution in [1.29, 1.82) is 0 Å². The van der Waals surface area contributed by atoms with E-state index in [1.54, 1.807) is 19.1 Å². The topological polar surface area (TPSA) is 85.3 Å². The first-order chi connectivity index (χ1) is 12.7. The molecule has 1 atom stereocenters.